The smallest absolute Gasteiger partial charge is 0.219 e. The molecule has 11 heteroatoms. The molecule has 1 aliphatic carbocycles. The first-order chi connectivity index (χ1) is 17.2. The molecular weight excluding hydrogens is 498 g/mol. The van der Waals surface area contributed by atoms with Gasteiger partial charge in [-0.3, -0.25) is 9.69 Å². The lowest BCUT2D eigenvalue weighted by Crippen LogP contribution is -2.42. The van der Waals surface area contributed by atoms with Crippen molar-refractivity contribution in [3.05, 3.63) is 40.4 Å². The van der Waals surface area contributed by atoms with Crippen LogP contribution >= 0.6 is 23.1 Å². The van der Waals surface area contributed by atoms with Crippen LogP contribution in [0.2, 0.25) is 0 Å². The van der Waals surface area contributed by atoms with E-state index < -0.39 is 5.92 Å². The van der Waals surface area contributed by atoms with Crippen LogP contribution in [0.3, 0.4) is 0 Å². The molecule has 1 aromatic heterocycles. The summed E-state index contributed by atoms with van der Waals surface area (Å²) in [4.78, 5) is 15.5. The van der Waals surface area contributed by atoms with Gasteiger partial charge in [-0.25, -0.2) is 0 Å². The normalized spacial score (nSPS) is 19.2. The number of Topliss-reactive ketones (excluding diaryl/α,β-unsaturated/α-hetero) is 1. The Balaban J connectivity index is 2.01. The van der Waals surface area contributed by atoms with Crippen LogP contribution < -0.4 is 24.8 Å². The number of rotatable bonds is 7. The molecule has 1 unspecified atom stereocenters. The van der Waals surface area contributed by atoms with Crippen molar-refractivity contribution in [3.8, 4) is 23.3 Å². The number of hydrogen-bond acceptors (Lipinski definition) is 11. The molecule has 0 saturated heterocycles. The van der Waals surface area contributed by atoms with Gasteiger partial charge in [0.15, 0.2) is 21.6 Å². The van der Waals surface area contributed by atoms with Crippen molar-refractivity contribution in [1.82, 2.24) is 10.2 Å². The fourth-order valence-corrected chi connectivity index (χ4v) is 6.64. The van der Waals surface area contributed by atoms with Crippen molar-refractivity contribution in [3.63, 3.8) is 0 Å². The van der Waals surface area contributed by atoms with Crippen molar-refractivity contribution in [2.45, 2.75) is 43.9 Å². The van der Waals surface area contributed by atoms with Crippen molar-refractivity contribution < 1.29 is 19.0 Å². The first-order valence-corrected chi connectivity index (χ1v) is 13.2. The predicted molar refractivity (Wildman–Crippen MR) is 139 cm³/mol. The Hall–Kier alpha value is -3.23. The van der Waals surface area contributed by atoms with Crippen LogP contribution in [0.15, 0.2) is 39.1 Å². The highest BCUT2D eigenvalue weighted by molar-refractivity contribution is 8.01. The fraction of sp³-hybridized carbons (Fsp3) is 0.440. The van der Waals surface area contributed by atoms with Gasteiger partial charge in [-0.15, -0.1) is 10.2 Å². The molecule has 0 radical (unpaired) electrons. The first kappa shape index (κ1) is 25.9. The number of thioether (sulfide) groups is 1. The minimum absolute atomic E-state index is 0.0407. The van der Waals surface area contributed by atoms with Crippen molar-refractivity contribution in [2.75, 3.05) is 32.0 Å². The van der Waals surface area contributed by atoms with Gasteiger partial charge in [-0.1, -0.05) is 49.9 Å². The quantitative estimate of drug-likeness (QED) is 0.510. The summed E-state index contributed by atoms with van der Waals surface area (Å²) in [5.41, 5.74) is 8.52. The summed E-state index contributed by atoms with van der Waals surface area (Å²) < 4.78 is 17.6. The van der Waals surface area contributed by atoms with Crippen LogP contribution in [0.5, 0.6) is 17.2 Å². The molecule has 0 amide bonds. The molecule has 0 fully saturated rings. The van der Waals surface area contributed by atoms with E-state index in [4.69, 9.17) is 19.9 Å². The third-order valence-electron chi connectivity index (χ3n) is 6.28. The molecule has 0 saturated carbocycles. The zero-order valence-corrected chi connectivity index (χ0v) is 22.8. The Kier molecular flexibility index (Phi) is 7.20. The summed E-state index contributed by atoms with van der Waals surface area (Å²) in [6.07, 6.45) is 0.923. The minimum Gasteiger partial charge on any atom is -0.493 e. The number of nitrogens with two attached hydrogens (primary N) is 1. The second-order valence-corrected chi connectivity index (χ2v) is 11.7. The number of ketones is 1. The van der Waals surface area contributed by atoms with E-state index in [9.17, 15) is 10.1 Å². The van der Waals surface area contributed by atoms with E-state index in [1.165, 1.54) is 32.7 Å². The summed E-state index contributed by atoms with van der Waals surface area (Å²) in [5.74, 6) is 1.56. The fourth-order valence-electron chi connectivity index (χ4n) is 4.86. The summed E-state index contributed by atoms with van der Waals surface area (Å²) in [7, 11) is 4.57. The monoisotopic (exact) mass is 527 g/mol. The van der Waals surface area contributed by atoms with Gasteiger partial charge in [0.2, 0.25) is 10.9 Å². The summed E-state index contributed by atoms with van der Waals surface area (Å²) in [6, 6.07) is 5.81. The molecular formula is C25H29N5O4S2. The molecule has 1 atom stereocenters. The number of benzene rings is 1. The van der Waals surface area contributed by atoms with Gasteiger partial charge >= 0.3 is 0 Å². The SMILES string of the molecule is CCSc1nnc(N2C(N)=C(C#N)C(c3ccc(OC)c(OC)c3OC)C3=C2CC(C)(C)CC3=O)s1. The highest BCUT2D eigenvalue weighted by Gasteiger charge is 2.46. The molecule has 0 bridgehead atoms. The molecule has 9 nitrogen and oxygen atoms in total. The van der Waals surface area contributed by atoms with Gasteiger partial charge in [0.25, 0.3) is 0 Å². The lowest BCUT2D eigenvalue weighted by atomic mass is 9.68. The number of ether oxygens (including phenoxy) is 3. The lowest BCUT2D eigenvalue weighted by molar-refractivity contribution is -0.118. The van der Waals surface area contributed by atoms with Crippen LogP contribution in [0.4, 0.5) is 5.13 Å². The maximum absolute atomic E-state index is 13.8. The zero-order valence-electron chi connectivity index (χ0n) is 21.2. The van der Waals surface area contributed by atoms with E-state index >= 15 is 0 Å². The third kappa shape index (κ3) is 4.29. The van der Waals surface area contributed by atoms with Crippen LogP contribution in [-0.4, -0.2) is 43.1 Å². The highest BCUT2D eigenvalue weighted by atomic mass is 32.2. The molecule has 2 aromatic rings. The largest absolute Gasteiger partial charge is 0.493 e. The van der Waals surface area contributed by atoms with Gasteiger partial charge in [0.1, 0.15) is 5.82 Å². The van der Waals surface area contributed by atoms with E-state index in [0.717, 1.165) is 15.8 Å². The Morgan fingerprint density at radius 1 is 1.19 bits per heavy atom. The topological polar surface area (TPSA) is 124 Å². The molecule has 2 aliphatic rings. The second-order valence-electron chi connectivity index (χ2n) is 9.19. The number of methoxy groups -OCH3 is 3. The van der Waals surface area contributed by atoms with Gasteiger partial charge in [0.05, 0.1) is 38.9 Å². The number of nitriles is 1. The van der Waals surface area contributed by atoms with Gasteiger partial charge in [0, 0.05) is 23.3 Å². The number of hydrogen-bond donors (Lipinski definition) is 1. The number of anilines is 1. The average Bonchev–Trinajstić information content (AvgIpc) is 3.29. The Morgan fingerprint density at radius 2 is 1.92 bits per heavy atom. The maximum atomic E-state index is 13.8. The molecule has 36 heavy (non-hydrogen) atoms. The highest BCUT2D eigenvalue weighted by Crippen LogP contribution is 2.54. The summed E-state index contributed by atoms with van der Waals surface area (Å²) in [6.45, 7) is 6.15. The molecule has 2 heterocycles. The van der Waals surface area contributed by atoms with Crippen LogP contribution in [0.25, 0.3) is 0 Å². The van der Waals surface area contributed by atoms with Gasteiger partial charge in [-0.05, 0) is 23.7 Å². The Bertz CT molecular complexity index is 1310. The second kappa shape index (κ2) is 10.0. The van der Waals surface area contributed by atoms with Gasteiger partial charge in [-0.2, -0.15) is 5.26 Å². The number of carbonyl (C=O) groups is 1. The standard InChI is InChI=1S/C25H29N5O4S2/c1-7-35-24-29-28-23(36-24)30-15-10-25(2,3)11-16(31)19(15)18(14(12-26)22(30)27)13-8-9-17(32-4)21(34-6)20(13)33-5/h8-9,18H,7,10-11,27H2,1-6H3. The minimum atomic E-state index is -0.725. The summed E-state index contributed by atoms with van der Waals surface area (Å²) >= 11 is 2.97. The number of nitrogens with zero attached hydrogens (tertiary/aromatic N) is 4. The Morgan fingerprint density at radius 3 is 2.53 bits per heavy atom. The molecule has 1 aromatic carbocycles. The van der Waals surface area contributed by atoms with Crippen LogP contribution in [0, 0.1) is 16.7 Å². The van der Waals surface area contributed by atoms with Crippen LogP contribution in [0.1, 0.15) is 45.1 Å². The Labute approximate surface area is 218 Å². The van der Waals surface area contributed by atoms with Crippen LogP contribution in [-0.2, 0) is 4.79 Å². The molecule has 0 spiro atoms. The van der Waals surface area contributed by atoms with Gasteiger partial charge < -0.3 is 19.9 Å². The number of carbonyl (C=O) groups excluding carboxylic acids is 1. The zero-order chi connectivity index (χ0) is 26.2. The van der Waals surface area contributed by atoms with E-state index in [0.29, 0.717) is 46.4 Å². The summed E-state index contributed by atoms with van der Waals surface area (Å²) in [5, 5.41) is 19.5. The van der Waals surface area contributed by atoms with E-state index in [2.05, 4.69) is 30.1 Å². The maximum Gasteiger partial charge on any atom is 0.219 e. The molecule has 190 valence electrons. The van der Waals surface area contributed by atoms with E-state index in [1.807, 2.05) is 6.92 Å². The van der Waals surface area contributed by atoms with E-state index in [1.54, 1.807) is 28.8 Å². The average molecular weight is 528 g/mol. The predicted octanol–water partition coefficient (Wildman–Crippen LogP) is 4.62. The number of allylic oxidation sites excluding steroid dienone is 3. The van der Waals surface area contributed by atoms with Crippen molar-refractivity contribution >= 4 is 34.0 Å². The first-order valence-electron chi connectivity index (χ1n) is 11.4. The molecule has 2 N–H and O–H groups in total. The van der Waals surface area contributed by atoms with Crippen molar-refractivity contribution in [1.29, 1.82) is 5.26 Å². The lowest BCUT2D eigenvalue weighted by Gasteiger charge is -2.42. The third-order valence-corrected chi connectivity index (χ3v) is 8.21. The number of aromatic nitrogens is 2. The van der Waals surface area contributed by atoms with E-state index in [-0.39, 0.29) is 22.6 Å². The molecule has 1 aliphatic heterocycles. The molecule has 4 rings (SSSR count). The van der Waals surface area contributed by atoms with Crippen molar-refractivity contribution in [2.24, 2.45) is 11.1 Å².